The Balaban J connectivity index is 2.12. The number of aryl methyl sites for hydroxylation is 1. The number of aromatic nitrogens is 2. The monoisotopic (exact) mass is 207 g/mol. The van der Waals surface area contributed by atoms with Crippen molar-refractivity contribution < 1.29 is 4.79 Å². The Morgan fingerprint density at radius 2 is 2.33 bits per heavy atom. The second kappa shape index (κ2) is 6.01. The third-order valence-corrected chi connectivity index (χ3v) is 1.87. The Hall–Kier alpha value is -1.58. The molecule has 4 nitrogen and oxygen atoms in total. The van der Waals surface area contributed by atoms with E-state index in [2.05, 4.69) is 10.3 Å². The molecule has 0 radical (unpaired) electrons. The summed E-state index contributed by atoms with van der Waals surface area (Å²) in [6.07, 6.45) is 7.97. The first-order chi connectivity index (χ1) is 7.18. The number of nitrogens with one attached hydrogen (secondary N) is 1. The minimum absolute atomic E-state index is 0.0133. The Labute approximate surface area is 90.0 Å². The minimum Gasteiger partial charge on any atom is -0.352 e. The quantitative estimate of drug-likeness (QED) is 0.585. The predicted octanol–water partition coefficient (Wildman–Crippen LogP) is 1.36. The van der Waals surface area contributed by atoms with Gasteiger partial charge in [-0.3, -0.25) is 4.79 Å². The van der Waals surface area contributed by atoms with Crippen LogP contribution in [0, 0.1) is 0 Å². The Morgan fingerprint density at radius 1 is 1.53 bits per heavy atom. The molecule has 0 fully saturated rings. The summed E-state index contributed by atoms with van der Waals surface area (Å²) in [5, 5.41) is 2.83. The van der Waals surface area contributed by atoms with Gasteiger partial charge < -0.3 is 9.88 Å². The van der Waals surface area contributed by atoms with E-state index >= 15 is 0 Å². The highest BCUT2D eigenvalue weighted by Gasteiger charge is 1.95. The smallest absolute Gasteiger partial charge is 0.243 e. The number of nitrogens with zero attached hydrogens (tertiary/aromatic N) is 2. The lowest BCUT2D eigenvalue weighted by Crippen LogP contribution is -2.23. The number of hydrogen-bond acceptors (Lipinski definition) is 2. The molecule has 0 spiro atoms. The molecule has 0 aliphatic heterocycles. The van der Waals surface area contributed by atoms with Crippen LogP contribution in [0.1, 0.15) is 20.3 Å². The highest BCUT2D eigenvalue weighted by molar-refractivity contribution is 5.87. The molecular formula is C11H17N3O. The standard InChI is InChI=1S/C11H17N3O/c1-10(2)8-11(15)13-4-3-6-14-7-5-12-9-14/h5,7-9H,3-4,6H2,1-2H3,(H,13,15). The molecule has 1 heterocycles. The first kappa shape index (κ1) is 11.5. The summed E-state index contributed by atoms with van der Waals surface area (Å²) in [5.74, 6) is -0.0133. The van der Waals surface area contributed by atoms with Gasteiger partial charge >= 0.3 is 0 Å². The van der Waals surface area contributed by atoms with Crippen molar-refractivity contribution in [3.05, 3.63) is 30.4 Å². The van der Waals surface area contributed by atoms with E-state index in [1.54, 1.807) is 18.6 Å². The van der Waals surface area contributed by atoms with E-state index in [1.165, 1.54) is 0 Å². The largest absolute Gasteiger partial charge is 0.352 e. The first-order valence-corrected chi connectivity index (χ1v) is 5.07. The Bertz CT molecular complexity index is 324. The molecule has 0 saturated carbocycles. The highest BCUT2D eigenvalue weighted by Crippen LogP contribution is 1.90. The Morgan fingerprint density at radius 3 is 2.93 bits per heavy atom. The van der Waals surface area contributed by atoms with Crippen LogP contribution < -0.4 is 5.32 Å². The molecule has 0 saturated heterocycles. The van der Waals surface area contributed by atoms with Gasteiger partial charge in [-0.15, -0.1) is 0 Å². The van der Waals surface area contributed by atoms with Gasteiger partial charge in [-0.05, 0) is 20.3 Å². The number of amides is 1. The van der Waals surface area contributed by atoms with E-state index in [1.807, 2.05) is 24.6 Å². The maximum absolute atomic E-state index is 11.2. The SMILES string of the molecule is CC(C)=CC(=O)NCCCn1ccnc1. The fourth-order valence-electron chi connectivity index (χ4n) is 1.21. The molecule has 0 bridgehead atoms. The van der Waals surface area contributed by atoms with E-state index in [-0.39, 0.29) is 5.91 Å². The molecule has 1 amide bonds. The zero-order valence-electron chi connectivity index (χ0n) is 9.23. The molecular weight excluding hydrogens is 190 g/mol. The van der Waals surface area contributed by atoms with Gasteiger partial charge in [0.05, 0.1) is 6.33 Å². The van der Waals surface area contributed by atoms with Gasteiger partial charge in [0.2, 0.25) is 5.91 Å². The van der Waals surface area contributed by atoms with Crippen LogP contribution in [0.3, 0.4) is 0 Å². The molecule has 1 aromatic rings. The maximum atomic E-state index is 11.2. The Kier molecular flexibility index (Phi) is 4.60. The molecule has 0 unspecified atom stereocenters. The van der Waals surface area contributed by atoms with Crippen molar-refractivity contribution in [2.24, 2.45) is 0 Å². The van der Waals surface area contributed by atoms with E-state index in [0.717, 1.165) is 18.5 Å². The number of imidazole rings is 1. The van der Waals surface area contributed by atoms with Crippen LogP contribution in [-0.4, -0.2) is 22.0 Å². The highest BCUT2D eigenvalue weighted by atomic mass is 16.1. The number of carbonyl (C=O) groups is 1. The van der Waals surface area contributed by atoms with Gasteiger partial charge in [0.1, 0.15) is 0 Å². The van der Waals surface area contributed by atoms with Crippen molar-refractivity contribution in [1.82, 2.24) is 14.9 Å². The zero-order chi connectivity index (χ0) is 11.1. The second-order valence-electron chi connectivity index (χ2n) is 3.67. The van der Waals surface area contributed by atoms with Crippen LogP contribution in [0.15, 0.2) is 30.4 Å². The fraction of sp³-hybridized carbons (Fsp3) is 0.455. The molecule has 0 aliphatic carbocycles. The van der Waals surface area contributed by atoms with Gasteiger partial charge in [0.25, 0.3) is 0 Å². The topological polar surface area (TPSA) is 46.9 Å². The summed E-state index contributed by atoms with van der Waals surface area (Å²) in [4.78, 5) is 15.1. The molecule has 1 N–H and O–H groups in total. The third-order valence-electron chi connectivity index (χ3n) is 1.87. The lowest BCUT2D eigenvalue weighted by molar-refractivity contribution is -0.116. The van der Waals surface area contributed by atoms with Crippen LogP contribution >= 0.6 is 0 Å². The average Bonchev–Trinajstić information content (AvgIpc) is 2.63. The lowest BCUT2D eigenvalue weighted by atomic mass is 10.3. The van der Waals surface area contributed by atoms with Crippen LogP contribution in [-0.2, 0) is 11.3 Å². The normalized spacial score (nSPS) is 9.73. The van der Waals surface area contributed by atoms with Crippen molar-refractivity contribution in [3.8, 4) is 0 Å². The summed E-state index contributed by atoms with van der Waals surface area (Å²) < 4.78 is 1.99. The molecule has 82 valence electrons. The van der Waals surface area contributed by atoms with Crippen LogP contribution in [0.5, 0.6) is 0 Å². The molecule has 0 aliphatic rings. The number of carbonyl (C=O) groups excluding carboxylic acids is 1. The molecule has 15 heavy (non-hydrogen) atoms. The summed E-state index contributed by atoms with van der Waals surface area (Å²) >= 11 is 0. The summed E-state index contributed by atoms with van der Waals surface area (Å²) in [6.45, 7) is 5.39. The van der Waals surface area contributed by atoms with Crippen LogP contribution in [0.4, 0.5) is 0 Å². The number of allylic oxidation sites excluding steroid dienone is 1. The maximum Gasteiger partial charge on any atom is 0.243 e. The average molecular weight is 207 g/mol. The second-order valence-corrected chi connectivity index (χ2v) is 3.67. The van der Waals surface area contributed by atoms with Gasteiger partial charge in [-0.25, -0.2) is 4.98 Å². The fourth-order valence-corrected chi connectivity index (χ4v) is 1.21. The van der Waals surface area contributed by atoms with Crippen molar-refractivity contribution in [2.45, 2.75) is 26.8 Å². The lowest BCUT2D eigenvalue weighted by Gasteiger charge is -2.03. The van der Waals surface area contributed by atoms with E-state index < -0.39 is 0 Å². The zero-order valence-corrected chi connectivity index (χ0v) is 9.23. The minimum atomic E-state index is -0.0133. The van der Waals surface area contributed by atoms with Crippen molar-refractivity contribution >= 4 is 5.91 Å². The summed E-state index contributed by atoms with van der Waals surface area (Å²) in [5.41, 5.74) is 1.02. The van der Waals surface area contributed by atoms with Gasteiger partial charge in [0.15, 0.2) is 0 Å². The molecule has 1 rings (SSSR count). The third kappa shape index (κ3) is 5.00. The van der Waals surface area contributed by atoms with Gasteiger partial charge in [-0.1, -0.05) is 5.57 Å². The van der Waals surface area contributed by atoms with E-state index in [0.29, 0.717) is 6.54 Å². The van der Waals surface area contributed by atoms with Crippen LogP contribution in [0.25, 0.3) is 0 Å². The number of hydrogen-bond donors (Lipinski definition) is 1. The van der Waals surface area contributed by atoms with Crippen LogP contribution in [0.2, 0.25) is 0 Å². The predicted molar refractivity (Wildman–Crippen MR) is 59.3 cm³/mol. The molecule has 0 atom stereocenters. The van der Waals surface area contributed by atoms with Crippen molar-refractivity contribution in [2.75, 3.05) is 6.54 Å². The van der Waals surface area contributed by atoms with Crippen molar-refractivity contribution in [3.63, 3.8) is 0 Å². The summed E-state index contributed by atoms with van der Waals surface area (Å²) in [7, 11) is 0. The molecule has 1 aromatic heterocycles. The molecule has 4 heteroatoms. The van der Waals surface area contributed by atoms with Gasteiger partial charge in [-0.2, -0.15) is 0 Å². The van der Waals surface area contributed by atoms with E-state index in [9.17, 15) is 4.79 Å². The molecule has 0 aromatic carbocycles. The first-order valence-electron chi connectivity index (χ1n) is 5.07. The van der Waals surface area contributed by atoms with Crippen molar-refractivity contribution in [1.29, 1.82) is 0 Å². The number of rotatable bonds is 5. The summed E-state index contributed by atoms with van der Waals surface area (Å²) in [6, 6.07) is 0. The van der Waals surface area contributed by atoms with Gasteiger partial charge in [0, 0.05) is 31.6 Å². The van der Waals surface area contributed by atoms with E-state index in [4.69, 9.17) is 0 Å².